The van der Waals surface area contributed by atoms with Gasteiger partial charge in [0.1, 0.15) is 22.9 Å². The maximum atomic E-state index is 13.4. The molecule has 0 radical (unpaired) electrons. The summed E-state index contributed by atoms with van der Waals surface area (Å²) in [5.41, 5.74) is -0.653. The smallest absolute Gasteiger partial charge is 0.247 e. The van der Waals surface area contributed by atoms with Crippen LogP contribution in [-0.2, 0) is 26.2 Å². The normalized spacial score (nSPS) is 19.3. The first-order valence-electron chi connectivity index (χ1n) is 10.0. The molecule has 1 saturated heterocycles. The molecule has 0 aromatic heterocycles. The fourth-order valence-electron chi connectivity index (χ4n) is 3.72. The maximum Gasteiger partial charge on any atom is 0.247 e. The lowest BCUT2D eigenvalue weighted by Gasteiger charge is -2.46. The van der Waals surface area contributed by atoms with E-state index in [1.807, 2.05) is 0 Å². The van der Waals surface area contributed by atoms with Crippen LogP contribution in [-0.4, -0.2) is 63.6 Å². The number of sulfonamides is 1. The Balaban J connectivity index is 2.01. The van der Waals surface area contributed by atoms with E-state index in [-0.39, 0.29) is 18.8 Å². The SMILES string of the molecule is COc1ccc(N2C(=O)CN(S(C)(=O)=O)C[C@@]2(C)C(=O)NCc2ccc(F)cc2)c(OC)c1. The predicted octanol–water partition coefficient (Wildman–Crippen LogP) is 1.53. The van der Waals surface area contributed by atoms with E-state index in [0.717, 1.165) is 10.6 Å². The number of hydrogen-bond donors (Lipinski definition) is 1. The van der Waals surface area contributed by atoms with Gasteiger partial charge in [0.05, 0.1) is 32.7 Å². The van der Waals surface area contributed by atoms with E-state index in [0.29, 0.717) is 17.0 Å². The highest BCUT2D eigenvalue weighted by atomic mass is 32.2. The molecule has 0 bridgehead atoms. The van der Waals surface area contributed by atoms with Gasteiger partial charge in [-0.3, -0.25) is 14.5 Å². The lowest BCUT2D eigenvalue weighted by Crippen LogP contribution is -2.70. The van der Waals surface area contributed by atoms with Crippen molar-refractivity contribution in [2.24, 2.45) is 0 Å². The molecule has 0 spiro atoms. The molecular weight excluding hydrogens is 453 g/mol. The molecule has 9 nitrogen and oxygen atoms in total. The Kier molecular flexibility index (Phi) is 6.94. The van der Waals surface area contributed by atoms with E-state index in [1.165, 1.54) is 50.3 Å². The van der Waals surface area contributed by atoms with E-state index in [1.54, 1.807) is 18.2 Å². The van der Waals surface area contributed by atoms with Gasteiger partial charge in [0.15, 0.2) is 0 Å². The number of methoxy groups -OCH3 is 2. The lowest BCUT2D eigenvalue weighted by molar-refractivity contribution is -0.133. The van der Waals surface area contributed by atoms with E-state index >= 15 is 0 Å². The van der Waals surface area contributed by atoms with Gasteiger partial charge in [-0.2, -0.15) is 4.31 Å². The molecule has 3 rings (SSSR count). The second kappa shape index (κ2) is 9.36. The number of nitrogens with zero attached hydrogens (tertiary/aromatic N) is 2. The van der Waals surface area contributed by atoms with Crippen molar-refractivity contribution in [1.82, 2.24) is 9.62 Å². The van der Waals surface area contributed by atoms with E-state index in [9.17, 15) is 22.4 Å². The summed E-state index contributed by atoms with van der Waals surface area (Å²) in [5.74, 6) is -0.800. The number of carbonyl (C=O) groups excluding carboxylic acids is 2. The number of amides is 2. The minimum absolute atomic E-state index is 0.0648. The van der Waals surface area contributed by atoms with Crippen molar-refractivity contribution in [3.8, 4) is 11.5 Å². The third kappa shape index (κ3) is 5.09. The first-order chi connectivity index (χ1) is 15.5. The number of piperazine rings is 1. The summed E-state index contributed by atoms with van der Waals surface area (Å²) in [4.78, 5) is 27.9. The Morgan fingerprint density at radius 1 is 1.15 bits per heavy atom. The summed E-state index contributed by atoms with van der Waals surface area (Å²) in [6.45, 7) is 0.873. The quantitative estimate of drug-likeness (QED) is 0.646. The van der Waals surface area contributed by atoms with Gasteiger partial charge in [0.2, 0.25) is 21.8 Å². The summed E-state index contributed by atoms with van der Waals surface area (Å²) in [5, 5.41) is 2.74. The summed E-state index contributed by atoms with van der Waals surface area (Å²) in [7, 11) is -0.853. The minimum atomic E-state index is -3.75. The van der Waals surface area contributed by atoms with Crippen LogP contribution in [0.5, 0.6) is 11.5 Å². The predicted molar refractivity (Wildman–Crippen MR) is 120 cm³/mol. The summed E-state index contributed by atoms with van der Waals surface area (Å²) < 4.78 is 49.3. The van der Waals surface area contributed by atoms with Crippen molar-refractivity contribution in [1.29, 1.82) is 0 Å². The van der Waals surface area contributed by atoms with Crippen LogP contribution in [0.1, 0.15) is 12.5 Å². The topological polar surface area (TPSA) is 105 Å². The van der Waals surface area contributed by atoms with Crippen LogP contribution in [0.15, 0.2) is 42.5 Å². The monoisotopic (exact) mass is 479 g/mol. The van der Waals surface area contributed by atoms with Crippen LogP contribution in [0, 0.1) is 5.82 Å². The average Bonchev–Trinajstić information content (AvgIpc) is 2.77. The molecule has 0 unspecified atom stereocenters. The summed E-state index contributed by atoms with van der Waals surface area (Å²) >= 11 is 0. The molecule has 1 aliphatic rings. The van der Waals surface area contributed by atoms with Crippen molar-refractivity contribution in [3.05, 3.63) is 53.8 Å². The van der Waals surface area contributed by atoms with E-state index in [4.69, 9.17) is 9.47 Å². The summed E-state index contributed by atoms with van der Waals surface area (Å²) in [6, 6.07) is 10.4. The molecule has 1 heterocycles. The Morgan fingerprint density at radius 2 is 1.82 bits per heavy atom. The van der Waals surface area contributed by atoms with Crippen LogP contribution in [0.25, 0.3) is 0 Å². The van der Waals surface area contributed by atoms with E-state index in [2.05, 4.69) is 5.32 Å². The average molecular weight is 480 g/mol. The number of hydrogen-bond acceptors (Lipinski definition) is 6. The molecule has 178 valence electrons. The van der Waals surface area contributed by atoms with Gasteiger partial charge in [-0.1, -0.05) is 12.1 Å². The molecular formula is C22H26FN3O6S. The Bertz CT molecular complexity index is 1160. The Morgan fingerprint density at radius 3 is 2.39 bits per heavy atom. The molecule has 2 aromatic carbocycles. The zero-order chi connectivity index (χ0) is 24.4. The molecule has 1 aliphatic heterocycles. The van der Waals surface area contributed by atoms with E-state index < -0.39 is 39.7 Å². The van der Waals surface area contributed by atoms with Gasteiger partial charge >= 0.3 is 0 Å². The lowest BCUT2D eigenvalue weighted by atomic mass is 9.94. The van der Waals surface area contributed by atoms with Crippen molar-refractivity contribution < 1.29 is 31.9 Å². The van der Waals surface area contributed by atoms with Gasteiger partial charge < -0.3 is 14.8 Å². The molecule has 33 heavy (non-hydrogen) atoms. The van der Waals surface area contributed by atoms with Crippen LogP contribution in [0.4, 0.5) is 10.1 Å². The maximum absolute atomic E-state index is 13.4. The molecule has 11 heteroatoms. The van der Waals surface area contributed by atoms with Gasteiger partial charge in [-0.05, 0) is 36.8 Å². The number of ether oxygens (including phenoxy) is 2. The second-order valence-corrected chi connectivity index (χ2v) is 9.86. The second-order valence-electron chi connectivity index (χ2n) is 7.88. The number of benzene rings is 2. The van der Waals surface area contributed by atoms with Crippen LogP contribution in [0.3, 0.4) is 0 Å². The molecule has 2 aromatic rings. The number of anilines is 1. The molecule has 1 atom stereocenters. The van der Waals surface area contributed by atoms with Crippen LogP contribution >= 0.6 is 0 Å². The largest absolute Gasteiger partial charge is 0.497 e. The van der Waals surface area contributed by atoms with Crippen molar-refractivity contribution in [2.45, 2.75) is 19.0 Å². The zero-order valence-corrected chi connectivity index (χ0v) is 19.6. The number of rotatable bonds is 7. The summed E-state index contributed by atoms with van der Waals surface area (Å²) in [6.07, 6.45) is 0.987. The van der Waals surface area contributed by atoms with Gasteiger partial charge in [-0.15, -0.1) is 0 Å². The highest BCUT2D eigenvalue weighted by Gasteiger charge is 2.51. The Hall–Kier alpha value is -3.18. The molecule has 0 saturated carbocycles. The van der Waals surface area contributed by atoms with Gasteiger partial charge in [0, 0.05) is 19.2 Å². The first-order valence-corrected chi connectivity index (χ1v) is 11.9. The Labute approximate surface area is 192 Å². The van der Waals surface area contributed by atoms with Gasteiger partial charge in [-0.25, -0.2) is 12.8 Å². The third-order valence-corrected chi connectivity index (χ3v) is 6.69. The van der Waals surface area contributed by atoms with Crippen LogP contribution < -0.4 is 19.7 Å². The molecule has 1 fully saturated rings. The number of halogens is 1. The zero-order valence-electron chi connectivity index (χ0n) is 18.8. The first kappa shape index (κ1) is 24.5. The van der Waals surface area contributed by atoms with Crippen molar-refractivity contribution in [2.75, 3.05) is 38.5 Å². The fraction of sp³-hybridized carbons (Fsp3) is 0.364. The fourth-order valence-corrected chi connectivity index (χ4v) is 4.55. The standard InChI is InChI=1S/C22H26FN3O6S/c1-22(21(28)24-12-15-5-7-16(23)8-6-15)14-25(33(4,29)30)13-20(27)26(22)18-10-9-17(31-2)11-19(18)32-3/h5-11H,12-14H2,1-4H3,(H,24,28)/t22-/m0/s1. The molecule has 1 N–H and O–H groups in total. The van der Waals surface area contributed by atoms with Crippen LogP contribution in [0.2, 0.25) is 0 Å². The third-order valence-electron chi connectivity index (χ3n) is 5.49. The highest BCUT2D eigenvalue weighted by molar-refractivity contribution is 7.88. The molecule has 0 aliphatic carbocycles. The number of nitrogens with one attached hydrogen (secondary N) is 1. The minimum Gasteiger partial charge on any atom is -0.497 e. The van der Waals surface area contributed by atoms with Crippen molar-refractivity contribution >= 4 is 27.5 Å². The number of carbonyl (C=O) groups is 2. The van der Waals surface area contributed by atoms with Gasteiger partial charge in [0.25, 0.3) is 0 Å². The van der Waals surface area contributed by atoms with Crippen molar-refractivity contribution in [3.63, 3.8) is 0 Å². The highest BCUT2D eigenvalue weighted by Crippen LogP contribution is 2.38. The molecule has 2 amide bonds.